The number of nitrogens with zero attached hydrogens (tertiary/aromatic N) is 2. The third-order valence-electron chi connectivity index (χ3n) is 3.38. The lowest BCUT2D eigenvalue weighted by atomic mass is 10.2. The maximum Gasteiger partial charge on any atom is 0.417 e. The molecule has 0 bridgehead atoms. The van der Waals surface area contributed by atoms with Crippen LogP contribution >= 0.6 is 15.9 Å². The highest BCUT2D eigenvalue weighted by atomic mass is 79.9. The SMILES string of the molecule is O=C(c1ccc(Br)o1)N1CCC(N2C(=O)COC2=O)C1. The van der Waals surface area contributed by atoms with Crippen molar-refractivity contribution in [2.45, 2.75) is 12.5 Å². The molecule has 1 unspecified atom stereocenters. The molecule has 1 aromatic rings. The van der Waals surface area contributed by atoms with Crippen molar-refractivity contribution in [2.75, 3.05) is 19.7 Å². The van der Waals surface area contributed by atoms with Crippen LogP contribution in [-0.4, -0.2) is 53.4 Å². The fourth-order valence-corrected chi connectivity index (χ4v) is 2.75. The summed E-state index contributed by atoms with van der Waals surface area (Å²) in [4.78, 5) is 37.9. The molecule has 3 rings (SSSR count). The molecule has 0 aliphatic carbocycles. The normalized spacial score (nSPS) is 22.6. The van der Waals surface area contributed by atoms with Gasteiger partial charge >= 0.3 is 6.09 Å². The van der Waals surface area contributed by atoms with E-state index in [1.165, 1.54) is 0 Å². The number of cyclic esters (lactones) is 1. The number of imide groups is 1. The molecule has 106 valence electrons. The highest BCUT2D eigenvalue weighted by Gasteiger charge is 2.41. The second-order valence-electron chi connectivity index (χ2n) is 4.62. The highest BCUT2D eigenvalue weighted by molar-refractivity contribution is 9.10. The molecular formula is C12H11BrN2O5. The Hall–Kier alpha value is -1.83. The van der Waals surface area contributed by atoms with Crippen molar-refractivity contribution in [3.8, 4) is 0 Å². The van der Waals surface area contributed by atoms with Gasteiger partial charge in [0.25, 0.3) is 11.8 Å². The molecule has 20 heavy (non-hydrogen) atoms. The standard InChI is InChI=1S/C12H11BrN2O5/c13-9-2-1-8(20-9)11(17)14-4-3-7(5-14)15-10(16)6-19-12(15)18/h1-2,7H,3-6H2. The van der Waals surface area contributed by atoms with Crippen LogP contribution in [0.2, 0.25) is 0 Å². The van der Waals surface area contributed by atoms with Crippen LogP contribution in [0, 0.1) is 0 Å². The second-order valence-corrected chi connectivity index (χ2v) is 5.40. The Morgan fingerprint density at radius 1 is 1.35 bits per heavy atom. The predicted molar refractivity (Wildman–Crippen MR) is 68.9 cm³/mol. The summed E-state index contributed by atoms with van der Waals surface area (Å²) in [7, 11) is 0. The Morgan fingerprint density at radius 2 is 2.15 bits per heavy atom. The number of carbonyl (C=O) groups is 3. The molecule has 2 fully saturated rings. The molecule has 2 saturated heterocycles. The first-order chi connectivity index (χ1) is 9.56. The molecule has 8 heteroatoms. The summed E-state index contributed by atoms with van der Waals surface area (Å²) in [6.07, 6.45) is -0.0795. The van der Waals surface area contributed by atoms with Crippen molar-refractivity contribution in [3.63, 3.8) is 0 Å². The number of amides is 3. The van der Waals surface area contributed by atoms with Crippen molar-refractivity contribution < 1.29 is 23.5 Å². The van der Waals surface area contributed by atoms with E-state index < -0.39 is 6.09 Å². The van der Waals surface area contributed by atoms with Crippen molar-refractivity contribution in [2.24, 2.45) is 0 Å². The van der Waals surface area contributed by atoms with Gasteiger partial charge in [-0.2, -0.15) is 0 Å². The van der Waals surface area contributed by atoms with E-state index in [0.29, 0.717) is 24.2 Å². The Balaban J connectivity index is 1.69. The molecule has 0 spiro atoms. The summed E-state index contributed by atoms with van der Waals surface area (Å²) in [5.41, 5.74) is 0. The van der Waals surface area contributed by atoms with Crippen molar-refractivity contribution in [1.82, 2.24) is 9.80 Å². The minimum atomic E-state index is -0.630. The molecule has 1 atom stereocenters. The second kappa shape index (κ2) is 4.93. The molecular weight excluding hydrogens is 332 g/mol. The third kappa shape index (κ3) is 2.20. The van der Waals surface area contributed by atoms with Gasteiger partial charge in [0.2, 0.25) is 0 Å². The van der Waals surface area contributed by atoms with Crippen LogP contribution in [0.5, 0.6) is 0 Å². The zero-order chi connectivity index (χ0) is 14.3. The van der Waals surface area contributed by atoms with Gasteiger partial charge in [-0.3, -0.25) is 9.59 Å². The minimum Gasteiger partial charge on any atom is -0.444 e. The van der Waals surface area contributed by atoms with Crippen LogP contribution in [0.25, 0.3) is 0 Å². The number of ether oxygens (including phenoxy) is 1. The van der Waals surface area contributed by atoms with Gasteiger partial charge in [-0.1, -0.05) is 0 Å². The van der Waals surface area contributed by atoms with E-state index in [-0.39, 0.29) is 30.2 Å². The monoisotopic (exact) mass is 342 g/mol. The summed E-state index contributed by atoms with van der Waals surface area (Å²) < 4.78 is 10.4. The zero-order valence-corrected chi connectivity index (χ0v) is 12.0. The average molecular weight is 343 g/mol. The van der Waals surface area contributed by atoms with Gasteiger partial charge in [-0.05, 0) is 34.5 Å². The van der Waals surface area contributed by atoms with Crippen LogP contribution in [0.15, 0.2) is 21.2 Å². The predicted octanol–water partition coefficient (Wildman–Crippen LogP) is 1.24. The highest BCUT2D eigenvalue weighted by Crippen LogP contribution is 2.23. The Morgan fingerprint density at radius 3 is 2.75 bits per heavy atom. The number of rotatable bonds is 2. The number of hydrogen-bond acceptors (Lipinski definition) is 5. The summed E-state index contributed by atoms with van der Waals surface area (Å²) in [5, 5.41) is 0. The van der Waals surface area contributed by atoms with Crippen LogP contribution in [0.1, 0.15) is 17.0 Å². The van der Waals surface area contributed by atoms with Gasteiger partial charge in [0.1, 0.15) is 0 Å². The summed E-state index contributed by atoms with van der Waals surface area (Å²) in [6.45, 7) is 0.561. The van der Waals surface area contributed by atoms with Gasteiger partial charge in [-0.15, -0.1) is 0 Å². The molecule has 0 radical (unpaired) electrons. The lowest BCUT2D eigenvalue weighted by Gasteiger charge is -2.19. The molecule has 2 aliphatic heterocycles. The Kier molecular flexibility index (Phi) is 3.25. The first kappa shape index (κ1) is 13.2. The number of carbonyl (C=O) groups excluding carboxylic acids is 3. The average Bonchev–Trinajstić information content (AvgIpc) is 3.10. The topological polar surface area (TPSA) is 80.1 Å². The summed E-state index contributed by atoms with van der Waals surface area (Å²) in [5.74, 6) is -0.374. The maximum absolute atomic E-state index is 12.2. The smallest absolute Gasteiger partial charge is 0.417 e. The lowest BCUT2D eigenvalue weighted by molar-refractivity contribution is -0.127. The first-order valence-corrected chi connectivity index (χ1v) is 6.89. The van der Waals surface area contributed by atoms with Crippen LogP contribution in [0.3, 0.4) is 0 Å². The van der Waals surface area contributed by atoms with Crippen LogP contribution in [0.4, 0.5) is 4.79 Å². The van der Waals surface area contributed by atoms with Gasteiger partial charge in [0, 0.05) is 13.1 Å². The van der Waals surface area contributed by atoms with Crippen LogP contribution in [-0.2, 0) is 9.53 Å². The minimum absolute atomic E-state index is 0.214. The molecule has 3 heterocycles. The third-order valence-corrected chi connectivity index (χ3v) is 3.81. The molecule has 1 aromatic heterocycles. The summed E-state index contributed by atoms with van der Waals surface area (Å²) >= 11 is 3.14. The van der Waals surface area contributed by atoms with E-state index in [1.807, 2.05) is 0 Å². The van der Waals surface area contributed by atoms with Crippen molar-refractivity contribution in [1.29, 1.82) is 0 Å². The van der Waals surface area contributed by atoms with E-state index in [9.17, 15) is 14.4 Å². The lowest BCUT2D eigenvalue weighted by Crippen LogP contribution is -2.41. The molecule has 0 aromatic carbocycles. The van der Waals surface area contributed by atoms with Gasteiger partial charge in [-0.25, -0.2) is 9.69 Å². The number of halogens is 1. The largest absolute Gasteiger partial charge is 0.444 e. The fourth-order valence-electron chi connectivity index (χ4n) is 2.44. The van der Waals surface area contributed by atoms with Crippen molar-refractivity contribution >= 4 is 33.8 Å². The zero-order valence-electron chi connectivity index (χ0n) is 10.4. The molecule has 0 saturated carbocycles. The Labute approximate surface area is 122 Å². The molecule has 7 nitrogen and oxygen atoms in total. The van der Waals surface area contributed by atoms with E-state index in [4.69, 9.17) is 4.42 Å². The number of hydrogen-bond donors (Lipinski definition) is 0. The Bertz CT molecular complexity index is 568. The quantitative estimate of drug-likeness (QED) is 0.807. The molecule has 3 amide bonds. The van der Waals surface area contributed by atoms with E-state index in [1.54, 1.807) is 17.0 Å². The fraction of sp³-hybridized carbons (Fsp3) is 0.417. The summed E-state index contributed by atoms with van der Waals surface area (Å²) in [6, 6.07) is 2.90. The number of likely N-dealkylation sites (tertiary alicyclic amines) is 1. The van der Waals surface area contributed by atoms with E-state index >= 15 is 0 Å². The molecule has 0 N–H and O–H groups in total. The maximum atomic E-state index is 12.2. The number of furan rings is 1. The first-order valence-electron chi connectivity index (χ1n) is 6.09. The van der Waals surface area contributed by atoms with Gasteiger partial charge < -0.3 is 14.1 Å². The van der Waals surface area contributed by atoms with Crippen LogP contribution < -0.4 is 0 Å². The van der Waals surface area contributed by atoms with Gasteiger partial charge in [0.05, 0.1) is 6.04 Å². The van der Waals surface area contributed by atoms with Crippen molar-refractivity contribution in [3.05, 3.63) is 22.6 Å². The van der Waals surface area contributed by atoms with E-state index in [2.05, 4.69) is 20.7 Å². The van der Waals surface area contributed by atoms with E-state index in [0.717, 1.165) is 4.90 Å². The molecule has 2 aliphatic rings. The van der Waals surface area contributed by atoms with Gasteiger partial charge in [0.15, 0.2) is 17.0 Å².